The van der Waals surface area contributed by atoms with Gasteiger partial charge in [0.15, 0.2) is 5.13 Å². The van der Waals surface area contributed by atoms with Crippen LogP contribution in [0.3, 0.4) is 0 Å². The van der Waals surface area contributed by atoms with Gasteiger partial charge in [-0.2, -0.15) is 0 Å². The first-order valence-electron chi connectivity index (χ1n) is 10.4. The second-order valence-corrected chi connectivity index (χ2v) is 9.42. The van der Waals surface area contributed by atoms with E-state index < -0.39 is 5.25 Å². The Hall–Kier alpha value is -3.16. The third-order valence-corrected chi connectivity index (χ3v) is 6.95. The van der Waals surface area contributed by atoms with Crippen molar-refractivity contribution in [2.24, 2.45) is 0 Å². The lowest BCUT2D eigenvalue weighted by Gasteiger charge is -2.16. The molecule has 0 aliphatic heterocycles. The number of thiazole rings is 1. The summed E-state index contributed by atoms with van der Waals surface area (Å²) in [5.41, 5.74) is 2.54. The maximum Gasteiger partial charge on any atom is 0.244 e. The first kappa shape index (κ1) is 22.0. The molecule has 2 amide bonds. The fourth-order valence-electron chi connectivity index (χ4n) is 3.20. The summed E-state index contributed by atoms with van der Waals surface area (Å²) in [5, 5.41) is 6.03. The molecule has 4 aromatic rings. The van der Waals surface area contributed by atoms with Gasteiger partial charge in [-0.05, 0) is 48.4 Å². The standard InChI is InChI=1S/C25H23N3O2S2/c1-2-8-22(29)26-18-13-15-19(16-14-18)31-23(17-9-4-3-5-10-17)24(30)28-25-27-20-11-6-7-12-21(20)32-25/h3-7,9-16,23H,2,8H2,1H3,(H,26,29)(H,27,28,30). The summed E-state index contributed by atoms with van der Waals surface area (Å²) in [7, 11) is 0. The summed E-state index contributed by atoms with van der Waals surface area (Å²) in [6.45, 7) is 1.97. The van der Waals surface area contributed by atoms with Crippen molar-refractivity contribution in [3.63, 3.8) is 0 Å². The molecule has 0 bridgehead atoms. The molecule has 162 valence electrons. The van der Waals surface area contributed by atoms with Gasteiger partial charge >= 0.3 is 0 Å². The van der Waals surface area contributed by atoms with Crippen LogP contribution in [0.25, 0.3) is 10.2 Å². The van der Waals surface area contributed by atoms with Crippen LogP contribution in [0.5, 0.6) is 0 Å². The molecule has 1 unspecified atom stereocenters. The van der Waals surface area contributed by atoms with Crippen LogP contribution >= 0.6 is 23.1 Å². The molecular weight excluding hydrogens is 438 g/mol. The summed E-state index contributed by atoms with van der Waals surface area (Å²) < 4.78 is 1.03. The van der Waals surface area contributed by atoms with Crippen LogP contribution in [0.15, 0.2) is 83.8 Å². The monoisotopic (exact) mass is 461 g/mol. The minimum Gasteiger partial charge on any atom is -0.326 e. The van der Waals surface area contributed by atoms with E-state index in [9.17, 15) is 9.59 Å². The number of fused-ring (bicyclic) bond motifs is 1. The van der Waals surface area contributed by atoms with E-state index in [-0.39, 0.29) is 11.8 Å². The lowest BCUT2D eigenvalue weighted by atomic mass is 10.1. The average Bonchev–Trinajstić information content (AvgIpc) is 3.21. The number of carbonyl (C=O) groups is 2. The van der Waals surface area contributed by atoms with Gasteiger partial charge < -0.3 is 10.6 Å². The molecule has 0 fully saturated rings. The largest absolute Gasteiger partial charge is 0.326 e. The first-order chi connectivity index (χ1) is 15.6. The Morgan fingerprint density at radius 1 is 0.938 bits per heavy atom. The Labute approximate surface area is 195 Å². The minimum atomic E-state index is -0.441. The predicted octanol–water partition coefficient (Wildman–Crippen LogP) is 6.51. The zero-order valence-corrected chi connectivity index (χ0v) is 19.2. The highest BCUT2D eigenvalue weighted by atomic mass is 32.2. The molecule has 0 aliphatic rings. The molecular formula is C25H23N3O2S2. The second kappa shape index (κ2) is 10.4. The van der Waals surface area contributed by atoms with E-state index in [1.807, 2.05) is 85.8 Å². The third kappa shape index (κ3) is 5.55. The van der Waals surface area contributed by atoms with Crippen molar-refractivity contribution >= 4 is 55.9 Å². The van der Waals surface area contributed by atoms with E-state index >= 15 is 0 Å². The fraction of sp³-hybridized carbons (Fsp3) is 0.160. The van der Waals surface area contributed by atoms with Gasteiger partial charge in [-0.1, -0.05) is 60.7 Å². The summed E-state index contributed by atoms with van der Waals surface area (Å²) >= 11 is 2.93. The molecule has 0 spiro atoms. The maximum atomic E-state index is 13.3. The highest BCUT2D eigenvalue weighted by Crippen LogP contribution is 2.37. The van der Waals surface area contributed by atoms with Crippen molar-refractivity contribution in [3.05, 3.63) is 84.4 Å². The molecule has 1 atom stereocenters. The maximum absolute atomic E-state index is 13.3. The van der Waals surface area contributed by atoms with Gasteiger partial charge in [0.1, 0.15) is 5.25 Å². The number of benzene rings is 3. The molecule has 4 rings (SSSR count). The number of hydrogen-bond acceptors (Lipinski definition) is 5. The second-order valence-electron chi connectivity index (χ2n) is 7.21. The number of nitrogens with zero attached hydrogens (tertiary/aromatic N) is 1. The number of carbonyl (C=O) groups excluding carboxylic acids is 2. The van der Waals surface area contributed by atoms with Gasteiger partial charge in [0.2, 0.25) is 11.8 Å². The van der Waals surface area contributed by atoms with E-state index in [0.29, 0.717) is 11.6 Å². The van der Waals surface area contributed by atoms with Crippen molar-refractivity contribution in [2.45, 2.75) is 29.9 Å². The van der Waals surface area contributed by atoms with E-state index in [4.69, 9.17) is 0 Å². The van der Waals surface area contributed by atoms with Gasteiger partial charge in [0.05, 0.1) is 10.2 Å². The van der Waals surface area contributed by atoms with E-state index in [1.165, 1.54) is 23.1 Å². The smallest absolute Gasteiger partial charge is 0.244 e. The molecule has 0 saturated heterocycles. The first-order valence-corrected chi connectivity index (χ1v) is 12.1. The number of nitrogens with one attached hydrogen (secondary N) is 2. The topological polar surface area (TPSA) is 71.1 Å². The molecule has 32 heavy (non-hydrogen) atoms. The lowest BCUT2D eigenvalue weighted by molar-refractivity contribution is -0.116. The van der Waals surface area contributed by atoms with Gasteiger partial charge in [-0.3, -0.25) is 9.59 Å². The molecule has 2 N–H and O–H groups in total. The highest BCUT2D eigenvalue weighted by molar-refractivity contribution is 8.00. The number of anilines is 2. The molecule has 3 aromatic carbocycles. The van der Waals surface area contributed by atoms with Gasteiger partial charge in [-0.25, -0.2) is 4.98 Å². The number of rotatable bonds is 8. The molecule has 1 heterocycles. The van der Waals surface area contributed by atoms with Gasteiger partial charge in [0.25, 0.3) is 0 Å². The molecule has 0 saturated carbocycles. The number of para-hydroxylation sites is 1. The van der Waals surface area contributed by atoms with E-state index in [2.05, 4.69) is 15.6 Å². The highest BCUT2D eigenvalue weighted by Gasteiger charge is 2.23. The molecule has 5 nitrogen and oxygen atoms in total. The fourth-order valence-corrected chi connectivity index (χ4v) is 5.09. The Balaban J connectivity index is 1.52. The summed E-state index contributed by atoms with van der Waals surface area (Å²) in [6, 6.07) is 25.1. The quantitative estimate of drug-likeness (QED) is 0.294. The number of amides is 2. The van der Waals surface area contributed by atoms with Crippen molar-refractivity contribution < 1.29 is 9.59 Å². The van der Waals surface area contributed by atoms with Crippen molar-refractivity contribution in [1.29, 1.82) is 0 Å². The Morgan fingerprint density at radius 3 is 2.38 bits per heavy atom. The van der Waals surface area contributed by atoms with Crippen LogP contribution in [0.4, 0.5) is 10.8 Å². The zero-order valence-electron chi connectivity index (χ0n) is 17.6. The van der Waals surface area contributed by atoms with Crippen LogP contribution < -0.4 is 10.6 Å². The zero-order chi connectivity index (χ0) is 22.3. The van der Waals surface area contributed by atoms with Crippen LogP contribution in [0.1, 0.15) is 30.6 Å². The summed E-state index contributed by atoms with van der Waals surface area (Å²) in [4.78, 5) is 30.5. The molecule has 0 aliphatic carbocycles. The number of hydrogen-bond donors (Lipinski definition) is 2. The van der Waals surface area contributed by atoms with Gasteiger partial charge in [-0.15, -0.1) is 11.8 Å². The van der Waals surface area contributed by atoms with Crippen molar-refractivity contribution in [1.82, 2.24) is 4.98 Å². The Morgan fingerprint density at radius 2 is 1.66 bits per heavy atom. The Bertz CT molecular complexity index is 1170. The van der Waals surface area contributed by atoms with Gasteiger partial charge in [0, 0.05) is 17.0 Å². The third-order valence-electron chi connectivity index (χ3n) is 4.73. The summed E-state index contributed by atoms with van der Waals surface area (Å²) in [5.74, 6) is -0.120. The number of thioether (sulfide) groups is 1. The SMILES string of the molecule is CCCC(=O)Nc1ccc(SC(C(=O)Nc2nc3ccccc3s2)c2ccccc2)cc1. The molecule has 1 aromatic heterocycles. The van der Waals surface area contributed by atoms with Crippen LogP contribution in [0, 0.1) is 0 Å². The Kier molecular flexibility index (Phi) is 7.19. The van der Waals surface area contributed by atoms with Crippen LogP contribution in [0.2, 0.25) is 0 Å². The van der Waals surface area contributed by atoms with Crippen molar-refractivity contribution in [2.75, 3.05) is 10.6 Å². The average molecular weight is 462 g/mol. The van der Waals surface area contributed by atoms with Crippen molar-refractivity contribution in [3.8, 4) is 0 Å². The predicted molar refractivity (Wildman–Crippen MR) is 133 cm³/mol. The normalized spacial score (nSPS) is 11.8. The van der Waals surface area contributed by atoms with E-state index in [0.717, 1.165) is 32.8 Å². The molecule has 0 radical (unpaired) electrons. The minimum absolute atomic E-state index is 0.00489. The molecule has 7 heteroatoms. The summed E-state index contributed by atoms with van der Waals surface area (Å²) in [6.07, 6.45) is 1.31. The van der Waals surface area contributed by atoms with Crippen LogP contribution in [-0.2, 0) is 9.59 Å². The van der Waals surface area contributed by atoms with E-state index in [1.54, 1.807) is 0 Å². The van der Waals surface area contributed by atoms with Crippen LogP contribution in [-0.4, -0.2) is 16.8 Å². The number of aromatic nitrogens is 1. The lowest BCUT2D eigenvalue weighted by Crippen LogP contribution is -2.18.